The number of hydrogen-bond donors (Lipinski definition) is 0. The lowest BCUT2D eigenvalue weighted by atomic mass is 9.92. The number of amides is 2. The van der Waals surface area contributed by atoms with Gasteiger partial charge in [-0.2, -0.15) is 43.6 Å². The molecule has 4 fully saturated rings. The number of ether oxygens (including phenoxy) is 2. The molecule has 0 radical (unpaired) electrons. The van der Waals surface area contributed by atoms with E-state index in [1.54, 1.807) is 9.80 Å². The monoisotopic (exact) mass is 1120 g/mol. The van der Waals surface area contributed by atoms with Gasteiger partial charge in [0.25, 0.3) is 0 Å². The fourth-order valence-electron chi connectivity index (χ4n) is 12.5. The Balaban J connectivity index is 0.891. The minimum Gasteiger partial charge on any atom is -0.462 e. The Labute approximate surface area is 468 Å². The van der Waals surface area contributed by atoms with E-state index in [0.717, 1.165) is 41.9 Å². The number of likely N-dealkylation sites (tertiary alicyclic amines) is 2. The number of anilines is 4. The number of nitrogens with zero attached hydrogens (tertiary/aromatic N) is 14. The van der Waals surface area contributed by atoms with Gasteiger partial charge in [-0.15, -0.1) is 0 Å². The fraction of sp³-hybridized carbons (Fsp3) is 0.509. The van der Waals surface area contributed by atoms with Crippen molar-refractivity contribution in [2.75, 3.05) is 112 Å². The third-order valence-electron chi connectivity index (χ3n) is 16.8. The highest BCUT2D eigenvalue weighted by molar-refractivity contribution is 6.33. The molecule has 23 heteroatoms. The van der Waals surface area contributed by atoms with Gasteiger partial charge in [0.2, 0.25) is 11.8 Å². The Morgan fingerprint density at radius 2 is 1.25 bits per heavy atom. The summed E-state index contributed by atoms with van der Waals surface area (Å²) in [4.78, 5) is 60.3. The Morgan fingerprint density at radius 3 is 1.76 bits per heavy atom. The van der Waals surface area contributed by atoms with Crippen LogP contribution in [0, 0.1) is 28.5 Å². The summed E-state index contributed by atoms with van der Waals surface area (Å²) < 4.78 is 76.0. The maximum atomic E-state index is 17.0. The largest absolute Gasteiger partial charge is 0.462 e. The molecule has 0 saturated carbocycles. The van der Waals surface area contributed by atoms with Gasteiger partial charge in [-0.25, -0.2) is 4.39 Å². The predicted octanol–water partition coefficient (Wildman–Crippen LogP) is 6.78. The van der Waals surface area contributed by atoms with Crippen molar-refractivity contribution >= 4 is 46.4 Å². The van der Waals surface area contributed by atoms with Crippen molar-refractivity contribution in [3.8, 4) is 24.2 Å². The van der Waals surface area contributed by atoms with Gasteiger partial charge in [-0.3, -0.25) is 14.5 Å². The van der Waals surface area contributed by atoms with Crippen molar-refractivity contribution < 1.29 is 36.6 Å². The van der Waals surface area contributed by atoms with Crippen molar-refractivity contribution in [1.29, 1.82) is 10.5 Å². The molecule has 422 valence electrons. The molecule has 8 heterocycles. The molecule has 6 aliphatic heterocycles. The van der Waals surface area contributed by atoms with Crippen molar-refractivity contribution in [2.45, 2.75) is 94.3 Å². The quantitative estimate of drug-likeness (QED) is 0.0899. The van der Waals surface area contributed by atoms with E-state index in [1.807, 2.05) is 48.2 Å². The first-order valence-electron chi connectivity index (χ1n) is 27.3. The molecule has 10 rings (SSSR count). The number of aromatic nitrogens is 4. The van der Waals surface area contributed by atoms with Crippen LogP contribution >= 0.6 is 11.6 Å². The van der Waals surface area contributed by atoms with Gasteiger partial charge in [0.05, 0.1) is 77.9 Å². The SMILES string of the molecule is C=CC(=O)N1CCN(c2nc(OC[C@@H]3CC(c4ccc(N5CCc6c(nc(OC[C@@H]7CCCN7C)nc6N6CCN(C(=O)C=C)C(CC#N)C6)C5)c(C(F)(F)F)c4F)CN3C)nc3c2CCN(c2ccccc2Cl)C3)CC1CC#N. The standard InChI is InChI=1S/C57H65ClF4N14O4/c1-5-49(77)75-26-24-73(30-37(75)15-19-63)53-42-17-22-71(47-12-8-7-11-44(47)58)32-45(42)65-56(68-53)80-35-40-28-36(29-70(40)4)41-13-14-48(51(52(41)59)57(60,61)62)72-23-18-43-46(33-72)66-55(79-34-39-10-9-21-69(39)3)67-54(43)74-25-27-76(50(78)6-2)38(31-74)16-20-64/h5-8,11-14,36-40H,1-2,9-10,15-18,21-35H2,3-4H3/t36?,37?,38?,39-,40-/m0/s1. The van der Waals surface area contributed by atoms with E-state index in [-0.39, 0.29) is 99.2 Å². The molecule has 0 spiro atoms. The summed E-state index contributed by atoms with van der Waals surface area (Å²) in [7, 11) is 3.86. The molecule has 3 unspecified atom stereocenters. The van der Waals surface area contributed by atoms with Crippen LogP contribution in [0.1, 0.15) is 71.7 Å². The lowest BCUT2D eigenvalue weighted by Gasteiger charge is -2.42. The van der Waals surface area contributed by atoms with E-state index in [9.17, 15) is 20.1 Å². The molecule has 6 aliphatic rings. The number of carbonyl (C=O) groups excluding carboxylic acids is 2. The zero-order chi connectivity index (χ0) is 56.4. The zero-order valence-corrected chi connectivity index (χ0v) is 45.8. The molecule has 0 aliphatic carbocycles. The molecule has 0 N–H and O–H groups in total. The second-order valence-corrected chi connectivity index (χ2v) is 21.9. The van der Waals surface area contributed by atoms with Crippen LogP contribution in [0.2, 0.25) is 5.02 Å². The van der Waals surface area contributed by atoms with Gasteiger partial charge < -0.3 is 43.8 Å². The third kappa shape index (κ3) is 11.5. The summed E-state index contributed by atoms with van der Waals surface area (Å²) >= 11 is 6.66. The van der Waals surface area contributed by atoms with E-state index in [4.69, 9.17) is 41.0 Å². The second-order valence-electron chi connectivity index (χ2n) is 21.5. The third-order valence-corrected chi connectivity index (χ3v) is 17.1. The van der Waals surface area contributed by atoms with Gasteiger partial charge >= 0.3 is 18.2 Å². The van der Waals surface area contributed by atoms with Crippen LogP contribution in [0.3, 0.4) is 0 Å². The van der Waals surface area contributed by atoms with Crippen LogP contribution in [-0.4, -0.2) is 168 Å². The van der Waals surface area contributed by atoms with Crippen LogP contribution in [0.5, 0.6) is 12.0 Å². The molecule has 80 heavy (non-hydrogen) atoms. The molecule has 18 nitrogen and oxygen atoms in total. The lowest BCUT2D eigenvalue weighted by molar-refractivity contribution is -0.139. The first-order chi connectivity index (χ1) is 38.6. The summed E-state index contributed by atoms with van der Waals surface area (Å²) in [6, 6.07) is 13.9. The number of hydrogen-bond acceptors (Lipinski definition) is 16. The average Bonchev–Trinajstić information content (AvgIpc) is 4.06. The average molecular weight is 1120 g/mol. The molecule has 4 aromatic rings. The highest BCUT2D eigenvalue weighted by Crippen LogP contribution is 2.45. The predicted molar refractivity (Wildman–Crippen MR) is 293 cm³/mol. The van der Waals surface area contributed by atoms with Gasteiger partial charge in [-0.05, 0) is 88.7 Å². The fourth-order valence-corrected chi connectivity index (χ4v) is 12.7. The van der Waals surface area contributed by atoms with Crippen LogP contribution in [0.25, 0.3) is 0 Å². The molecule has 2 aromatic carbocycles. The smallest absolute Gasteiger partial charge is 0.421 e. The van der Waals surface area contributed by atoms with Crippen LogP contribution < -0.4 is 29.1 Å². The molecule has 2 amide bonds. The Morgan fingerprint density at radius 1 is 0.700 bits per heavy atom. The van der Waals surface area contributed by atoms with E-state index in [0.29, 0.717) is 87.6 Å². The molecular formula is C57H65ClF4N14O4. The number of carbonyl (C=O) groups is 2. The van der Waals surface area contributed by atoms with E-state index < -0.39 is 35.6 Å². The van der Waals surface area contributed by atoms with Crippen LogP contribution in [-0.2, 0) is 41.7 Å². The van der Waals surface area contributed by atoms with Crippen molar-refractivity contribution in [3.05, 3.63) is 106 Å². The lowest BCUT2D eigenvalue weighted by Crippen LogP contribution is -2.55. The number of fused-ring (bicyclic) bond motifs is 2. The minimum absolute atomic E-state index is 0.0426. The number of rotatable bonds is 15. The van der Waals surface area contributed by atoms with Crippen molar-refractivity contribution in [1.82, 2.24) is 39.5 Å². The van der Waals surface area contributed by atoms with E-state index in [2.05, 4.69) is 40.0 Å². The summed E-state index contributed by atoms with van der Waals surface area (Å²) in [5.74, 6) is -1.27. The molecule has 0 bridgehead atoms. The summed E-state index contributed by atoms with van der Waals surface area (Å²) in [6.45, 7) is 12.0. The number of halogens is 5. The topological polar surface area (TPSA) is 178 Å². The number of para-hydroxylation sites is 1. The number of benzene rings is 2. The van der Waals surface area contributed by atoms with Gasteiger partial charge in [0.15, 0.2) is 0 Å². The number of alkyl halides is 3. The second kappa shape index (κ2) is 23.8. The Bertz CT molecular complexity index is 3100. The van der Waals surface area contributed by atoms with Crippen LogP contribution in [0.15, 0.2) is 61.7 Å². The number of nitriles is 2. The van der Waals surface area contributed by atoms with Crippen LogP contribution in [0.4, 0.5) is 40.6 Å². The maximum absolute atomic E-state index is 17.0. The van der Waals surface area contributed by atoms with E-state index in [1.165, 1.54) is 29.2 Å². The summed E-state index contributed by atoms with van der Waals surface area (Å²) in [6.07, 6.45) is 0.680. The summed E-state index contributed by atoms with van der Waals surface area (Å²) in [5.41, 5.74) is 2.00. The molecule has 2 aromatic heterocycles. The van der Waals surface area contributed by atoms with Gasteiger partial charge in [0, 0.05) is 88.0 Å². The highest BCUT2D eigenvalue weighted by Gasteiger charge is 2.44. The maximum Gasteiger partial charge on any atom is 0.421 e. The minimum atomic E-state index is -5.05. The normalized spacial score (nSPS) is 22.6. The van der Waals surface area contributed by atoms with E-state index >= 15 is 17.6 Å². The summed E-state index contributed by atoms with van der Waals surface area (Å²) in [5, 5.41) is 20.0. The first kappa shape index (κ1) is 56.0. The van der Waals surface area contributed by atoms with Gasteiger partial charge in [-0.1, -0.05) is 43.0 Å². The molecular weight excluding hydrogens is 1060 g/mol. The molecule has 5 atom stereocenters. The van der Waals surface area contributed by atoms with Crippen molar-refractivity contribution in [3.63, 3.8) is 0 Å². The zero-order valence-electron chi connectivity index (χ0n) is 45.1. The number of piperazine rings is 2. The van der Waals surface area contributed by atoms with Gasteiger partial charge in [0.1, 0.15) is 36.2 Å². The first-order valence-corrected chi connectivity index (χ1v) is 27.6. The molecule has 4 saturated heterocycles. The number of likely N-dealkylation sites (N-methyl/N-ethyl adjacent to an activating group) is 2. The Hall–Kier alpha value is -7.27. The van der Waals surface area contributed by atoms with Crippen molar-refractivity contribution in [2.24, 2.45) is 0 Å². The highest BCUT2D eigenvalue weighted by atomic mass is 35.5. The Kier molecular flexibility index (Phi) is 16.7.